The van der Waals surface area contributed by atoms with Crippen LogP contribution in [0.25, 0.3) is 0 Å². The summed E-state index contributed by atoms with van der Waals surface area (Å²) in [6.07, 6.45) is 0.360. The molecule has 5 heteroatoms. The summed E-state index contributed by atoms with van der Waals surface area (Å²) in [7, 11) is 1.89. The number of carbonyl (C=O) groups excluding carboxylic acids is 1. The number of aromatic nitrogens is 2. The minimum Gasteiger partial charge on any atom is -0.352 e. The van der Waals surface area contributed by atoms with Gasteiger partial charge in [-0.05, 0) is 31.5 Å². The van der Waals surface area contributed by atoms with E-state index in [4.69, 9.17) is 11.6 Å². The molecule has 1 amide bonds. The van der Waals surface area contributed by atoms with Crippen LogP contribution in [0.2, 0.25) is 5.02 Å². The number of aryl methyl sites for hydroxylation is 2. The van der Waals surface area contributed by atoms with Gasteiger partial charge in [-0.15, -0.1) is 0 Å². The highest BCUT2D eigenvalue weighted by Crippen LogP contribution is 2.13. The summed E-state index contributed by atoms with van der Waals surface area (Å²) in [5.74, 6) is -0.000787. The second kappa shape index (κ2) is 6.09. The summed E-state index contributed by atoms with van der Waals surface area (Å²) in [5.41, 5.74) is 3.97. The van der Waals surface area contributed by atoms with E-state index in [9.17, 15) is 4.79 Å². The molecule has 0 saturated heterocycles. The molecule has 0 aliphatic heterocycles. The number of halogens is 1. The molecule has 1 heterocycles. The molecule has 0 saturated carbocycles. The summed E-state index contributed by atoms with van der Waals surface area (Å²) < 4.78 is 1.80. The van der Waals surface area contributed by atoms with Crippen LogP contribution in [0.5, 0.6) is 0 Å². The van der Waals surface area contributed by atoms with E-state index in [1.165, 1.54) is 0 Å². The highest BCUT2D eigenvalue weighted by molar-refractivity contribution is 6.30. The molecule has 0 bridgehead atoms. The first-order chi connectivity index (χ1) is 9.47. The first-order valence-electron chi connectivity index (χ1n) is 6.47. The van der Waals surface area contributed by atoms with Crippen LogP contribution in [0.15, 0.2) is 24.3 Å². The zero-order valence-corrected chi connectivity index (χ0v) is 12.7. The summed E-state index contributed by atoms with van der Waals surface area (Å²) in [6, 6.07) is 7.45. The maximum atomic E-state index is 12.0. The molecule has 0 fully saturated rings. The first kappa shape index (κ1) is 14.6. The molecule has 2 rings (SSSR count). The Morgan fingerprint density at radius 2 is 1.95 bits per heavy atom. The van der Waals surface area contributed by atoms with E-state index in [2.05, 4.69) is 10.4 Å². The molecule has 1 aromatic heterocycles. The van der Waals surface area contributed by atoms with Gasteiger partial charge in [-0.25, -0.2) is 0 Å². The van der Waals surface area contributed by atoms with E-state index in [-0.39, 0.29) is 5.91 Å². The van der Waals surface area contributed by atoms with Crippen molar-refractivity contribution in [2.24, 2.45) is 7.05 Å². The fraction of sp³-hybridized carbons (Fsp3) is 0.333. The van der Waals surface area contributed by atoms with E-state index in [1.807, 2.05) is 45.2 Å². The largest absolute Gasteiger partial charge is 0.352 e. The third kappa shape index (κ3) is 3.39. The number of amides is 1. The number of nitrogens with one attached hydrogen (secondary N) is 1. The van der Waals surface area contributed by atoms with Crippen LogP contribution in [0.1, 0.15) is 22.5 Å². The standard InChI is InChI=1S/C15H18ClN3O/c1-10-14(11(2)19(3)18-10)8-15(20)17-9-12-4-6-13(16)7-5-12/h4-7H,8-9H2,1-3H3,(H,17,20). The minimum atomic E-state index is -0.000787. The monoisotopic (exact) mass is 291 g/mol. The van der Waals surface area contributed by atoms with Gasteiger partial charge in [0.25, 0.3) is 0 Å². The van der Waals surface area contributed by atoms with Gasteiger partial charge in [-0.2, -0.15) is 5.10 Å². The maximum Gasteiger partial charge on any atom is 0.224 e. The lowest BCUT2D eigenvalue weighted by Crippen LogP contribution is -2.25. The maximum absolute atomic E-state index is 12.0. The number of rotatable bonds is 4. The van der Waals surface area contributed by atoms with Crippen molar-refractivity contribution in [2.75, 3.05) is 0 Å². The van der Waals surface area contributed by atoms with Gasteiger partial charge in [-0.3, -0.25) is 9.48 Å². The number of hydrogen-bond donors (Lipinski definition) is 1. The Morgan fingerprint density at radius 3 is 2.50 bits per heavy atom. The molecule has 0 atom stereocenters. The van der Waals surface area contributed by atoms with Crippen LogP contribution in [-0.2, 0) is 24.8 Å². The number of carbonyl (C=O) groups is 1. The molecule has 1 aromatic carbocycles. The average Bonchev–Trinajstić information content (AvgIpc) is 2.65. The number of benzene rings is 1. The average molecular weight is 292 g/mol. The predicted molar refractivity (Wildman–Crippen MR) is 79.7 cm³/mol. The SMILES string of the molecule is Cc1nn(C)c(C)c1CC(=O)NCc1ccc(Cl)cc1. The summed E-state index contributed by atoms with van der Waals surface area (Å²) in [5, 5.41) is 7.92. The minimum absolute atomic E-state index is 0.000787. The Balaban J connectivity index is 1.94. The van der Waals surface area contributed by atoms with Gasteiger partial charge in [0, 0.05) is 29.9 Å². The van der Waals surface area contributed by atoms with Crippen molar-refractivity contribution in [3.05, 3.63) is 51.8 Å². The Labute approximate surface area is 123 Å². The smallest absolute Gasteiger partial charge is 0.224 e. The van der Waals surface area contributed by atoms with Gasteiger partial charge in [-0.1, -0.05) is 23.7 Å². The van der Waals surface area contributed by atoms with Crippen molar-refractivity contribution in [3.8, 4) is 0 Å². The summed E-state index contributed by atoms with van der Waals surface area (Å²) in [4.78, 5) is 12.0. The van der Waals surface area contributed by atoms with Gasteiger partial charge in [0.2, 0.25) is 5.91 Å². The van der Waals surface area contributed by atoms with E-state index in [0.717, 1.165) is 22.5 Å². The fourth-order valence-corrected chi connectivity index (χ4v) is 2.23. The zero-order chi connectivity index (χ0) is 14.7. The van der Waals surface area contributed by atoms with Crippen molar-refractivity contribution in [2.45, 2.75) is 26.8 Å². The molecular weight excluding hydrogens is 274 g/mol. The van der Waals surface area contributed by atoms with Crippen LogP contribution < -0.4 is 5.32 Å². The lowest BCUT2D eigenvalue weighted by molar-refractivity contribution is -0.120. The highest BCUT2D eigenvalue weighted by atomic mass is 35.5. The van der Waals surface area contributed by atoms with E-state index in [1.54, 1.807) is 4.68 Å². The van der Waals surface area contributed by atoms with Crippen LogP contribution in [0.3, 0.4) is 0 Å². The molecule has 0 unspecified atom stereocenters. The van der Waals surface area contributed by atoms with Crippen molar-refractivity contribution in [1.82, 2.24) is 15.1 Å². The van der Waals surface area contributed by atoms with Crippen molar-refractivity contribution in [3.63, 3.8) is 0 Å². The topological polar surface area (TPSA) is 46.9 Å². The zero-order valence-electron chi connectivity index (χ0n) is 11.9. The summed E-state index contributed by atoms with van der Waals surface area (Å²) in [6.45, 7) is 4.41. The molecule has 20 heavy (non-hydrogen) atoms. The second-order valence-corrected chi connectivity index (χ2v) is 5.29. The molecule has 106 valence electrons. The number of nitrogens with zero attached hydrogens (tertiary/aromatic N) is 2. The lowest BCUT2D eigenvalue weighted by atomic mass is 10.1. The molecule has 1 N–H and O–H groups in total. The van der Waals surface area contributed by atoms with Gasteiger partial charge >= 0.3 is 0 Å². The van der Waals surface area contributed by atoms with Gasteiger partial charge in [0.15, 0.2) is 0 Å². The third-order valence-electron chi connectivity index (χ3n) is 3.40. The number of hydrogen-bond acceptors (Lipinski definition) is 2. The lowest BCUT2D eigenvalue weighted by Gasteiger charge is -2.06. The van der Waals surface area contributed by atoms with E-state index < -0.39 is 0 Å². The van der Waals surface area contributed by atoms with Crippen LogP contribution in [0.4, 0.5) is 0 Å². The Morgan fingerprint density at radius 1 is 1.30 bits per heavy atom. The van der Waals surface area contributed by atoms with Gasteiger partial charge in [0.05, 0.1) is 12.1 Å². The molecule has 0 aliphatic rings. The van der Waals surface area contributed by atoms with Crippen molar-refractivity contribution in [1.29, 1.82) is 0 Å². The van der Waals surface area contributed by atoms with E-state index in [0.29, 0.717) is 18.0 Å². The van der Waals surface area contributed by atoms with Crippen molar-refractivity contribution < 1.29 is 4.79 Å². The Hall–Kier alpha value is -1.81. The van der Waals surface area contributed by atoms with Crippen molar-refractivity contribution >= 4 is 17.5 Å². The molecule has 0 radical (unpaired) electrons. The predicted octanol–water partition coefficient (Wildman–Crippen LogP) is 2.55. The quantitative estimate of drug-likeness (QED) is 0.941. The highest BCUT2D eigenvalue weighted by Gasteiger charge is 2.13. The summed E-state index contributed by atoms with van der Waals surface area (Å²) >= 11 is 5.82. The van der Waals surface area contributed by atoms with E-state index >= 15 is 0 Å². The van der Waals surface area contributed by atoms with Gasteiger partial charge < -0.3 is 5.32 Å². The third-order valence-corrected chi connectivity index (χ3v) is 3.65. The van der Waals surface area contributed by atoms with Gasteiger partial charge in [0.1, 0.15) is 0 Å². The Bertz CT molecular complexity index is 617. The molecule has 4 nitrogen and oxygen atoms in total. The van der Waals surface area contributed by atoms with Crippen LogP contribution in [-0.4, -0.2) is 15.7 Å². The van der Waals surface area contributed by atoms with Crippen LogP contribution >= 0.6 is 11.6 Å². The molecular formula is C15H18ClN3O. The molecule has 2 aromatic rings. The second-order valence-electron chi connectivity index (χ2n) is 4.85. The normalized spacial score (nSPS) is 10.6. The van der Waals surface area contributed by atoms with Crippen LogP contribution in [0, 0.1) is 13.8 Å². The first-order valence-corrected chi connectivity index (χ1v) is 6.85. The fourth-order valence-electron chi connectivity index (χ4n) is 2.10. The molecule has 0 aliphatic carbocycles. The Kier molecular flexibility index (Phi) is 4.45. The molecule has 0 spiro atoms.